The summed E-state index contributed by atoms with van der Waals surface area (Å²) in [5.74, 6) is 0.434. The van der Waals surface area contributed by atoms with Gasteiger partial charge in [0.15, 0.2) is 0 Å². The maximum absolute atomic E-state index is 9.55. The summed E-state index contributed by atoms with van der Waals surface area (Å²) in [7, 11) is 1.64. The zero-order chi connectivity index (χ0) is 14.8. The molecule has 0 aliphatic carbocycles. The lowest BCUT2D eigenvalue weighted by atomic mass is 9.83. The van der Waals surface area contributed by atoms with Crippen molar-refractivity contribution in [2.24, 2.45) is 0 Å². The monoisotopic (exact) mass is 268 g/mol. The molecular formula is C17H20N2O. The summed E-state index contributed by atoms with van der Waals surface area (Å²) < 4.78 is 5.43. The number of aromatic nitrogens is 1. The summed E-state index contributed by atoms with van der Waals surface area (Å²) in [6.45, 7) is 6.49. The van der Waals surface area contributed by atoms with E-state index in [1.54, 1.807) is 7.11 Å². The van der Waals surface area contributed by atoms with E-state index in [0.29, 0.717) is 0 Å². The third kappa shape index (κ3) is 2.70. The summed E-state index contributed by atoms with van der Waals surface area (Å²) >= 11 is 0. The van der Waals surface area contributed by atoms with Crippen molar-refractivity contribution in [2.75, 3.05) is 7.11 Å². The summed E-state index contributed by atoms with van der Waals surface area (Å²) in [6.07, 6.45) is 3.69. The second kappa shape index (κ2) is 5.42. The van der Waals surface area contributed by atoms with Crippen LogP contribution in [0.15, 0.2) is 36.7 Å². The van der Waals surface area contributed by atoms with Crippen LogP contribution in [0.25, 0.3) is 0 Å². The molecular weight excluding hydrogens is 248 g/mol. The summed E-state index contributed by atoms with van der Waals surface area (Å²) in [5.41, 5.74) is 3.11. The van der Waals surface area contributed by atoms with E-state index in [1.807, 2.05) is 24.5 Å². The number of nitriles is 1. The molecule has 0 aliphatic rings. The highest BCUT2D eigenvalue weighted by molar-refractivity contribution is 5.48. The average Bonchev–Trinajstić information content (AvgIpc) is 2.92. The number of hydrogen-bond acceptors (Lipinski definition) is 2. The molecule has 3 heteroatoms. The Bertz CT molecular complexity index is 615. The van der Waals surface area contributed by atoms with Gasteiger partial charge in [-0.05, 0) is 34.7 Å². The van der Waals surface area contributed by atoms with E-state index in [2.05, 4.69) is 44.0 Å². The Morgan fingerprint density at radius 1 is 1.25 bits per heavy atom. The first kappa shape index (κ1) is 14.2. The van der Waals surface area contributed by atoms with Crippen molar-refractivity contribution >= 4 is 0 Å². The van der Waals surface area contributed by atoms with Gasteiger partial charge in [-0.1, -0.05) is 26.8 Å². The molecule has 0 aliphatic heterocycles. The van der Waals surface area contributed by atoms with Crippen LogP contribution in [0.3, 0.4) is 0 Å². The molecule has 1 N–H and O–H groups in total. The first-order chi connectivity index (χ1) is 9.47. The number of hydrogen-bond donors (Lipinski definition) is 1. The number of ether oxygens (including phenoxy) is 1. The molecule has 1 aromatic carbocycles. The Kier molecular flexibility index (Phi) is 3.85. The van der Waals surface area contributed by atoms with Gasteiger partial charge >= 0.3 is 0 Å². The molecule has 2 rings (SSSR count). The molecule has 104 valence electrons. The van der Waals surface area contributed by atoms with Crippen LogP contribution in [0, 0.1) is 11.3 Å². The zero-order valence-corrected chi connectivity index (χ0v) is 12.4. The number of benzene rings is 1. The molecule has 0 saturated heterocycles. The van der Waals surface area contributed by atoms with E-state index < -0.39 is 0 Å². The second-order valence-electron chi connectivity index (χ2n) is 5.91. The van der Waals surface area contributed by atoms with E-state index in [4.69, 9.17) is 4.74 Å². The normalized spacial score (nSPS) is 12.8. The first-order valence-corrected chi connectivity index (χ1v) is 6.68. The highest BCUT2D eigenvalue weighted by Crippen LogP contribution is 2.35. The Labute approximate surface area is 120 Å². The van der Waals surface area contributed by atoms with Crippen LogP contribution in [0.2, 0.25) is 0 Å². The van der Waals surface area contributed by atoms with Gasteiger partial charge in [-0.3, -0.25) is 0 Å². The summed E-state index contributed by atoms with van der Waals surface area (Å²) in [4.78, 5) is 3.00. The molecule has 0 saturated carbocycles. The van der Waals surface area contributed by atoms with Crippen molar-refractivity contribution in [1.29, 1.82) is 5.26 Å². The third-order valence-electron chi connectivity index (χ3n) is 3.49. The fourth-order valence-corrected chi connectivity index (χ4v) is 2.27. The average molecular weight is 268 g/mol. The molecule has 1 atom stereocenters. The van der Waals surface area contributed by atoms with Crippen molar-refractivity contribution in [3.8, 4) is 11.8 Å². The van der Waals surface area contributed by atoms with Gasteiger partial charge in [-0.2, -0.15) is 5.26 Å². The van der Waals surface area contributed by atoms with E-state index in [-0.39, 0.29) is 11.3 Å². The van der Waals surface area contributed by atoms with Gasteiger partial charge in [0.2, 0.25) is 0 Å². The van der Waals surface area contributed by atoms with Gasteiger partial charge in [-0.15, -0.1) is 0 Å². The molecule has 20 heavy (non-hydrogen) atoms. The SMILES string of the molecule is COc1ccc(C(C)(C)C)cc1C(C#N)c1cc[nH]c1. The smallest absolute Gasteiger partial charge is 0.123 e. The number of nitrogens with zero attached hydrogens (tertiary/aromatic N) is 1. The number of aromatic amines is 1. The maximum atomic E-state index is 9.55. The Morgan fingerprint density at radius 2 is 2.00 bits per heavy atom. The second-order valence-corrected chi connectivity index (χ2v) is 5.91. The fourth-order valence-electron chi connectivity index (χ4n) is 2.27. The predicted molar refractivity (Wildman–Crippen MR) is 79.9 cm³/mol. The highest BCUT2D eigenvalue weighted by Gasteiger charge is 2.22. The fraction of sp³-hybridized carbons (Fsp3) is 0.353. The Hall–Kier alpha value is -2.21. The van der Waals surface area contributed by atoms with Gasteiger partial charge in [0.25, 0.3) is 0 Å². The zero-order valence-electron chi connectivity index (χ0n) is 12.4. The first-order valence-electron chi connectivity index (χ1n) is 6.68. The molecule has 0 fully saturated rings. The minimum Gasteiger partial charge on any atom is -0.496 e. The lowest BCUT2D eigenvalue weighted by Crippen LogP contribution is -2.12. The van der Waals surface area contributed by atoms with Crippen LogP contribution in [0.5, 0.6) is 5.75 Å². The van der Waals surface area contributed by atoms with Crippen LogP contribution < -0.4 is 4.74 Å². The molecule has 1 heterocycles. The maximum Gasteiger partial charge on any atom is 0.123 e. The number of methoxy groups -OCH3 is 1. The molecule has 0 bridgehead atoms. The minimum atomic E-state index is -0.321. The van der Waals surface area contributed by atoms with E-state index in [1.165, 1.54) is 5.56 Å². The lowest BCUT2D eigenvalue weighted by Gasteiger charge is -2.22. The molecule has 0 radical (unpaired) electrons. The van der Waals surface area contributed by atoms with E-state index >= 15 is 0 Å². The third-order valence-corrected chi connectivity index (χ3v) is 3.49. The van der Waals surface area contributed by atoms with Crippen molar-refractivity contribution in [1.82, 2.24) is 4.98 Å². The van der Waals surface area contributed by atoms with Gasteiger partial charge in [-0.25, -0.2) is 0 Å². The Morgan fingerprint density at radius 3 is 2.50 bits per heavy atom. The van der Waals surface area contributed by atoms with Crippen molar-refractivity contribution in [2.45, 2.75) is 32.1 Å². The Balaban J connectivity index is 2.56. The quantitative estimate of drug-likeness (QED) is 0.915. The number of nitrogens with one attached hydrogen (secondary N) is 1. The molecule has 0 spiro atoms. The summed E-state index contributed by atoms with van der Waals surface area (Å²) in [5, 5.41) is 9.55. The van der Waals surface area contributed by atoms with Gasteiger partial charge < -0.3 is 9.72 Å². The number of H-pyrrole nitrogens is 1. The van der Waals surface area contributed by atoms with Crippen LogP contribution in [-0.4, -0.2) is 12.1 Å². The molecule has 1 unspecified atom stereocenters. The van der Waals surface area contributed by atoms with Crippen LogP contribution >= 0.6 is 0 Å². The van der Waals surface area contributed by atoms with E-state index in [0.717, 1.165) is 16.9 Å². The van der Waals surface area contributed by atoms with Crippen LogP contribution in [-0.2, 0) is 5.41 Å². The van der Waals surface area contributed by atoms with Crippen LogP contribution in [0.4, 0.5) is 0 Å². The molecule has 0 amide bonds. The molecule has 3 nitrogen and oxygen atoms in total. The van der Waals surface area contributed by atoms with E-state index in [9.17, 15) is 5.26 Å². The lowest BCUT2D eigenvalue weighted by molar-refractivity contribution is 0.408. The molecule has 2 aromatic rings. The number of rotatable bonds is 3. The van der Waals surface area contributed by atoms with Crippen molar-refractivity contribution in [3.05, 3.63) is 53.3 Å². The van der Waals surface area contributed by atoms with Gasteiger partial charge in [0.05, 0.1) is 13.2 Å². The molecule has 1 aromatic heterocycles. The van der Waals surface area contributed by atoms with Gasteiger partial charge in [0, 0.05) is 18.0 Å². The minimum absolute atomic E-state index is 0.0408. The van der Waals surface area contributed by atoms with Gasteiger partial charge in [0.1, 0.15) is 11.7 Å². The van der Waals surface area contributed by atoms with Crippen molar-refractivity contribution in [3.63, 3.8) is 0 Å². The van der Waals surface area contributed by atoms with Crippen molar-refractivity contribution < 1.29 is 4.74 Å². The standard InChI is InChI=1S/C17H20N2O/c1-17(2,3)13-5-6-16(20-4)14(9-13)15(10-18)12-7-8-19-11-12/h5-9,11,15,19H,1-4H3. The van der Waals surface area contributed by atoms with Crippen LogP contribution in [0.1, 0.15) is 43.4 Å². The highest BCUT2D eigenvalue weighted by atomic mass is 16.5. The summed E-state index contributed by atoms with van der Waals surface area (Å²) in [6, 6.07) is 10.4. The largest absolute Gasteiger partial charge is 0.496 e. The predicted octanol–water partition coefficient (Wildman–Crippen LogP) is 3.98. The topological polar surface area (TPSA) is 48.8 Å².